The Morgan fingerprint density at radius 2 is 1.61 bits per heavy atom. The van der Waals surface area contributed by atoms with Crippen molar-refractivity contribution in [1.29, 1.82) is 0 Å². The van der Waals surface area contributed by atoms with Crippen molar-refractivity contribution in [2.45, 2.75) is 6.42 Å². The van der Waals surface area contributed by atoms with Gasteiger partial charge in [-0.15, -0.1) is 0 Å². The van der Waals surface area contributed by atoms with Crippen molar-refractivity contribution >= 4 is 23.7 Å². The predicted octanol–water partition coefficient (Wildman–Crippen LogP) is 1.20. The number of nitrogen functional groups attached to an aromatic ring is 1. The molecule has 3 aromatic rings. The Hall–Kier alpha value is -3.49. The van der Waals surface area contributed by atoms with Crippen LogP contribution in [-0.4, -0.2) is 58.1 Å². The molecule has 0 bridgehead atoms. The summed E-state index contributed by atoms with van der Waals surface area (Å²) in [6, 6.07) is 10.2. The number of hydrogen-bond acceptors (Lipinski definition) is 9. The molecule has 0 atom stereocenters. The van der Waals surface area contributed by atoms with Crippen LogP contribution in [0.4, 0.5) is 23.7 Å². The molecule has 0 saturated carbocycles. The van der Waals surface area contributed by atoms with E-state index in [1.54, 1.807) is 7.05 Å². The first-order valence-corrected chi connectivity index (χ1v) is 9.25. The average Bonchev–Trinajstić information content (AvgIpc) is 2.76. The highest BCUT2D eigenvalue weighted by molar-refractivity contribution is 5.47. The van der Waals surface area contributed by atoms with Gasteiger partial charge in [0.05, 0.1) is 0 Å². The van der Waals surface area contributed by atoms with Crippen LogP contribution < -0.4 is 20.9 Å². The van der Waals surface area contributed by atoms with E-state index >= 15 is 0 Å². The van der Waals surface area contributed by atoms with Crippen LogP contribution in [0.25, 0.3) is 0 Å². The lowest BCUT2D eigenvalue weighted by Gasteiger charge is -2.34. The quantitative estimate of drug-likeness (QED) is 0.678. The molecule has 28 heavy (non-hydrogen) atoms. The van der Waals surface area contributed by atoms with Gasteiger partial charge in [0.15, 0.2) is 0 Å². The van der Waals surface area contributed by atoms with Crippen LogP contribution in [0, 0.1) is 0 Å². The summed E-state index contributed by atoms with van der Waals surface area (Å²) in [5.41, 5.74) is 8.34. The molecule has 1 aromatic carbocycles. The highest BCUT2D eigenvalue weighted by Gasteiger charge is 2.21. The molecule has 9 nitrogen and oxygen atoms in total. The Morgan fingerprint density at radius 1 is 0.929 bits per heavy atom. The minimum absolute atomic E-state index is 0.535. The van der Waals surface area contributed by atoms with Crippen LogP contribution in [-0.2, 0) is 6.42 Å². The number of benzene rings is 1. The Bertz CT molecular complexity index is 924. The molecule has 1 aliphatic heterocycles. The van der Waals surface area contributed by atoms with E-state index in [2.05, 4.69) is 52.2 Å². The van der Waals surface area contributed by atoms with E-state index < -0.39 is 0 Å². The molecule has 3 N–H and O–H groups in total. The van der Waals surface area contributed by atoms with Gasteiger partial charge < -0.3 is 20.9 Å². The maximum Gasteiger partial charge on any atom is 0.230 e. The lowest BCUT2D eigenvalue weighted by atomic mass is 10.1. The molecule has 1 aliphatic rings. The summed E-state index contributed by atoms with van der Waals surface area (Å²) in [6.45, 7) is 3.11. The molecule has 3 heterocycles. The third-order valence-electron chi connectivity index (χ3n) is 4.75. The fraction of sp³-hybridized carbons (Fsp3) is 0.316. The van der Waals surface area contributed by atoms with E-state index in [-0.39, 0.29) is 0 Å². The number of nitrogens with two attached hydrogens (primary N) is 1. The highest BCUT2D eigenvalue weighted by atomic mass is 15.4. The van der Waals surface area contributed by atoms with Crippen LogP contribution >= 0.6 is 0 Å². The third kappa shape index (κ3) is 3.93. The Balaban J connectivity index is 1.41. The topological polar surface area (TPSA) is 109 Å². The lowest BCUT2D eigenvalue weighted by Crippen LogP contribution is -2.47. The summed E-state index contributed by atoms with van der Waals surface area (Å²) in [7, 11) is 1.79. The molecule has 0 aliphatic carbocycles. The number of aromatic nitrogens is 5. The smallest absolute Gasteiger partial charge is 0.230 e. The molecular formula is C19H23N9. The van der Waals surface area contributed by atoms with Gasteiger partial charge in [0.2, 0.25) is 17.8 Å². The van der Waals surface area contributed by atoms with Crippen LogP contribution in [0.1, 0.15) is 11.1 Å². The van der Waals surface area contributed by atoms with Gasteiger partial charge in [0, 0.05) is 51.4 Å². The molecule has 0 amide bonds. The first-order valence-electron chi connectivity index (χ1n) is 9.25. The SMILES string of the molecule is CNc1ncnc(N2CCN(c3ncc(Cc4ccccc4)c(N)n3)CC2)n1. The second-order valence-corrected chi connectivity index (χ2v) is 6.58. The lowest BCUT2D eigenvalue weighted by molar-refractivity contribution is 0.627. The van der Waals surface area contributed by atoms with Crippen molar-refractivity contribution in [1.82, 2.24) is 24.9 Å². The van der Waals surface area contributed by atoms with Crippen LogP contribution in [0.3, 0.4) is 0 Å². The van der Waals surface area contributed by atoms with E-state index in [1.807, 2.05) is 24.4 Å². The normalized spacial score (nSPS) is 14.2. The number of hydrogen-bond donors (Lipinski definition) is 2. The van der Waals surface area contributed by atoms with Crippen LogP contribution in [0.2, 0.25) is 0 Å². The molecule has 1 saturated heterocycles. The van der Waals surface area contributed by atoms with Crippen molar-refractivity contribution < 1.29 is 0 Å². The monoisotopic (exact) mass is 377 g/mol. The van der Waals surface area contributed by atoms with Gasteiger partial charge in [-0.25, -0.2) is 15.0 Å². The Kier molecular flexibility index (Phi) is 5.14. The number of nitrogens with zero attached hydrogens (tertiary/aromatic N) is 7. The van der Waals surface area contributed by atoms with Crippen LogP contribution in [0.5, 0.6) is 0 Å². The second kappa shape index (κ2) is 8.03. The summed E-state index contributed by atoms with van der Waals surface area (Å²) in [5.74, 6) is 2.45. The fourth-order valence-corrected chi connectivity index (χ4v) is 3.18. The van der Waals surface area contributed by atoms with E-state index in [4.69, 9.17) is 5.73 Å². The Labute approximate surface area is 163 Å². The van der Waals surface area contributed by atoms with Crippen molar-refractivity contribution in [2.75, 3.05) is 54.1 Å². The highest BCUT2D eigenvalue weighted by Crippen LogP contribution is 2.19. The Morgan fingerprint density at radius 3 is 2.25 bits per heavy atom. The number of nitrogens with one attached hydrogen (secondary N) is 1. The van der Waals surface area contributed by atoms with E-state index in [9.17, 15) is 0 Å². The molecule has 2 aromatic heterocycles. The fourth-order valence-electron chi connectivity index (χ4n) is 3.18. The van der Waals surface area contributed by atoms with Crippen molar-refractivity contribution in [2.24, 2.45) is 0 Å². The molecule has 0 unspecified atom stereocenters. The predicted molar refractivity (Wildman–Crippen MR) is 109 cm³/mol. The summed E-state index contributed by atoms with van der Waals surface area (Å²) < 4.78 is 0. The van der Waals surface area contributed by atoms with Gasteiger partial charge >= 0.3 is 0 Å². The van der Waals surface area contributed by atoms with Gasteiger partial charge in [0.1, 0.15) is 12.1 Å². The van der Waals surface area contributed by atoms with Gasteiger partial charge in [-0.2, -0.15) is 9.97 Å². The first kappa shape index (κ1) is 17.9. The molecule has 9 heteroatoms. The van der Waals surface area contributed by atoms with E-state index in [1.165, 1.54) is 11.9 Å². The summed E-state index contributed by atoms with van der Waals surface area (Å²) >= 11 is 0. The summed E-state index contributed by atoms with van der Waals surface area (Å²) in [5, 5.41) is 2.94. The first-order chi connectivity index (χ1) is 13.7. The second-order valence-electron chi connectivity index (χ2n) is 6.58. The zero-order valence-electron chi connectivity index (χ0n) is 15.8. The average molecular weight is 377 g/mol. The minimum Gasteiger partial charge on any atom is -0.383 e. The summed E-state index contributed by atoms with van der Waals surface area (Å²) in [6.07, 6.45) is 4.09. The van der Waals surface area contributed by atoms with Gasteiger partial charge in [0.25, 0.3) is 0 Å². The molecule has 0 radical (unpaired) electrons. The standard InChI is InChI=1S/C19H23N9/c1-21-17-23-13-24-19(26-17)28-9-7-27(8-10-28)18-22-12-15(16(20)25-18)11-14-5-3-2-4-6-14/h2-6,12-13H,7-11H2,1H3,(H2,20,22,25)(H,21,23,24,26). The van der Waals surface area contributed by atoms with Crippen molar-refractivity contribution in [3.63, 3.8) is 0 Å². The minimum atomic E-state index is 0.535. The van der Waals surface area contributed by atoms with Crippen LogP contribution in [0.15, 0.2) is 42.9 Å². The number of anilines is 4. The van der Waals surface area contributed by atoms with Crippen molar-refractivity contribution in [3.05, 3.63) is 54.0 Å². The largest absolute Gasteiger partial charge is 0.383 e. The number of rotatable bonds is 5. The summed E-state index contributed by atoms with van der Waals surface area (Å²) in [4.78, 5) is 26.1. The molecule has 1 fully saturated rings. The maximum atomic E-state index is 6.20. The van der Waals surface area contributed by atoms with Gasteiger partial charge in [-0.3, -0.25) is 0 Å². The molecule has 144 valence electrons. The maximum absolute atomic E-state index is 6.20. The third-order valence-corrected chi connectivity index (χ3v) is 4.75. The van der Waals surface area contributed by atoms with Gasteiger partial charge in [-0.05, 0) is 5.56 Å². The van der Waals surface area contributed by atoms with Gasteiger partial charge in [-0.1, -0.05) is 30.3 Å². The zero-order chi connectivity index (χ0) is 19.3. The molecular weight excluding hydrogens is 354 g/mol. The van der Waals surface area contributed by atoms with E-state index in [0.717, 1.165) is 38.2 Å². The van der Waals surface area contributed by atoms with E-state index in [0.29, 0.717) is 23.7 Å². The molecule has 0 spiro atoms. The molecule has 4 rings (SSSR count). The zero-order valence-corrected chi connectivity index (χ0v) is 15.8. The van der Waals surface area contributed by atoms with Crippen molar-refractivity contribution in [3.8, 4) is 0 Å². The number of piperazine rings is 1.